The molecule has 0 saturated heterocycles. The van der Waals surface area contributed by atoms with Crippen LogP contribution in [0.1, 0.15) is 38.4 Å². The molecule has 18 heavy (non-hydrogen) atoms. The summed E-state index contributed by atoms with van der Waals surface area (Å²) in [4.78, 5) is 1.63. The van der Waals surface area contributed by atoms with Gasteiger partial charge in [-0.1, -0.05) is 38.5 Å². The quantitative estimate of drug-likeness (QED) is 0.879. The first-order valence-corrected chi connectivity index (χ1v) is 6.44. The lowest BCUT2D eigenvalue weighted by Crippen LogP contribution is -2.14. The molecular formula is C14H20N4. The van der Waals surface area contributed by atoms with Gasteiger partial charge in [0.1, 0.15) is 0 Å². The van der Waals surface area contributed by atoms with Crippen molar-refractivity contribution in [2.45, 2.75) is 32.7 Å². The number of nitrogens with two attached hydrogens (primary N) is 1. The van der Waals surface area contributed by atoms with E-state index in [1.807, 2.05) is 30.3 Å². The Hall–Kier alpha value is -1.68. The Morgan fingerprint density at radius 2 is 2.00 bits per heavy atom. The molecule has 0 aliphatic carbocycles. The predicted octanol–water partition coefficient (Wildman–Crippen LogP) is 2.70. The van der Waals surface area contributed by atoms with E-state index in [1.165, 1.54) is 0 Å². The van der Waals surface area contributed by atoms with Gasteiger partial charge in [0.25, 0.3) is 0 Å². The molecule has 0 bridgehead atoms. The molecule has 1 heterocycles. The van der Waals surface area contributed by atoms with Gasteiger partial charge in [-0.3, -0.25) is 0 Å². The Bertz CT molecular complexity index is 478. The Morgan fingerprint density at radius 3 is 2.67 bits per heavy atom. The van der Waals surface area contributed by atoms with Crippen LogP contribution >= 0.6 is 0 Å². The van der Waals surface area contributed by atoms with Crippen molar-refractivity contribution >= 4 is 0 Å². The first kappa shape index (κ1) is 12.8. The normalized spacial score (nSPS) is 14.4. The van der Waals surface area contributed by atoms with Gasteiger partial charge in [-0.2, -0.15) is 15.0 Å². The van der Waals surface area contributed by atoms with Crippen molar-refractivity contribution in [2.24, 2.45) is 11.7 Å². The van der Waals surface area contributed by atoms with Crippen molar-refractivity contribution in [1.29, 1.82) is 0 Å². The maximum absolute atomic E-state index is 6.15. The van der Waals surface area contributed by atoms with Gasteiger partial charge in [0, 0.05) is 0 Å². The molecule has 2 rings (SSSR count). The molecule has 2 atom stereocenters. The van der Waals surface area contributed by atoms with E-state index < -0.39 is 0 Å². The summed E-state index contributed by atoms with van der Waals surface area (Å²) in [5.74, 6) is 0.613. The fourth-order valence-corrected chi connectivity index (χ4v) is 1.85. The minimum absolute atomic E-state index is 0.0302. The molecule has 0 radical (unpaired) electrons. The van der Waals surface area contributed by atoms with Gasteiger partial charge < -0.3 is 5.73 Å². The molecule has 4 nitrogen and oxygen atoms in total. The van der Waals surface area contributed by atoms with Crippen molar-refractivity contribution in [1.82, 2.24) is 15.0 Å². The number of benzene rings is 1. The third kappa shape index (κ3) is 2.96. The average molecular weight is 244 g/mol. The highest BCUT2D eigenvalue weighted by atomic mass is 15.5. The van der Waals surface area contributed by atoms with Crippen LogP contribution in [0.2, 0.25) is 0 Å². The maximum atomic E-state index is 6.15. The summed E-state index contributed by atoms with van der Waals surface area (Å²) in [6.07, 6.45) is 3.85. The Kier molecular flexibility index (Phi) is 4.10. The molecule has 2 unspecified atom stereocenters. The largest absolute Gasteiger partial charge is 0.323 e. The molecule has 0 amide bonds. The summed E-state index contributed by atoms with van der Waals surface area (Å²) in [6.45, 7) is 4.39. The van der Waals surface area contributed by atoms with Crippen LogP contribution in [0.15, 0.2) is 36.5 Å². The lowest BCUT2D eigenvalue weighted by molar-refractivity contribution is 0.454. The number of hydrogen-bond acceptors (Lipinski definition) is 3. The summed E-state index contributed by atoms with van der Waals surface area (Å²) >= 11 is 0. The van der Waals surface area contributed by atoms with Crippen molar-refractivity contribution in [3.63, 3.8) is 0 Å². The standard InChI is InChI=1S/C14H20N4/c1-3-11(2)9-13(15)14-10-16-18(17-14)12-7-5-4-6-8-12/h4-8,10-11,13H,3,9,15H2,1-2H3. The van der Waals surface area contributed by atoms with E-state index in [2.05, 4.69) is 24.0 Å². The fourth-order valence-electron chi connectivity index (χ4n) is 1.85. The predicted molar refractivity (Wildman–Crippen MR) is 72.4 cm³/mol. The van der Waals surface area contributed by atoms with Gasteiger partial charge >= 0.3 is 0 Å². The van der Waals surface area contributed by atoms with Gasteiger partial charge in [0.15, 0.2) is 0 Å². The highest BCUT2D eigenvalue weighted by molar-refractivity contribution is 5.28. The average Bonchev–Trinajstić information content (AvgIpc) is 2.89. The van der Waals surface area contributed by atoms with Crippen LogP contribution in [0, 0.1) is 5.92 Å². The highest BCUT2D eigenvalue weighted by Crippen LogP contribution is 2.19. The van der Waals surface area contributed by atoms with Crippen LogP contribution in [-0.2, 0) is 0 Å². The van der Waals surface area contributed by atoms with Crippen LogP contribution in [0.25, 0.3) is 5.69 Å². The molecule has 96 valence electrons. The number of para-hydroxylation sites is 1. The van der Waals surface area contributed by atoms with Gasteiger partial charge in [-0.25, -0.2) is 0 Å². The van der Waals surface area contributed by atoms with E-state index in [1.54, 1.807) is 11.0 Å². The van der Waals surface area contributed by atoms with Gasteiger partial charge in [-0.15, -0.1) is 0 Å². The molecule has 4 heteroatoms. The summed E-state index contributed by atoms with van der Waals surface area (Å²) in [7, 11) is 0. The Morgan fingerprint density at radius 1 is 1.28 bits per heavy atom. The molecule has 0 aliphatic heterocycles. The van der Waals surface area contributed by atoms with Gasteiger partial charge in [0.05, 0.1) is 23.6 Å². The molecule has 0 fully saturated rings. The fraction of sp³-hybridized carbons (Fsp3) is 0.429. The first-order chi connectivity index (χ1) is 8.70. The van der Waals surface area contributed by atoms with Crippen LogP contribution < -0.4 is 5.73 Å². The second-order valence-corrected chi connectivity index (χ2v) is 4.75. The van der Waals surface area contributed by atoms with E-state index in [4.69, 9.17) is 5.73 Å². The molecule has 2 N–H and O–H groups in total. The second-order valence-electron chi connectivity index (χ2n) is 4.75. The minimum atomic E-state index is -0.0302. The molecule has 0 saturated carbocycles. The monoisotopic (exact) mass is 244 g/mol. The SMILES string of the molecule is CCC(C)CC(N)c1cnn(-c2ccccc2)n1. The molecule has 0 spiro atoms. The van der Waals surface area contributed by atoms with E-state index in [9.17, 15) is 0 Å². The molecule has 1 aromatic heterocycles. The summed E-state index contributed by atoms with van der Waals surface area (Å²) in [5.41, 5.74) is 7.97. The third-order valence-corrected chi connectivity index (χ3v) is 3.23. The van der Waals surface area contributed by atoms with Crippen LogP contribution in [-0.4, -0.2) is 15.0 Å². The van der Waals surface area contributed by atoms with Crippen LogP contribution in [0.3, 0.4) is 0 Å². The lowest BCUT2D eigenvalue weighted by atomic mass is 9.98. The zero-order valence-electron chi connectivity index (χ0n) is 11.0. The Balaban J connectivity index is 2.11. The number of aromatic nitrogens is 3. The smallest absolute Gasteiger partial charge is 0.0998 e. The molecule has 2 aromatic rings. The summed E-state index contributed by atoms with van der Waals surface area (Å²) in [6, 6.07) is 9.84. The minimum Gasteiger partial charge on any atom is -0.323 e. The van der Waals surface area contributed by atoms with Gasteiger partial charge in [-0.05, 0) is 24.5 Å². The van der Waals surface area contributed by atoms with Crippen LogP contribution in [0.4, 0.5) is 0 Å². The third-order valence-electron chi connectivity index (χ3n) is 3.23. The van der Waals surface area contributed by atoms with E-state index in [0.29, 0.717) is 5.92 Å². The van der Waals surface area contributed by atoms with Crippen molar-refractivity contribution in [3.05, 3.63) is 42.2 Å². The summed E-state index contributed by atoms with van der Waals surface area (Å²) < 4.78 is 0. The molecule has 1 aromatic carbocycles. The number of rotatable bonds is 5. The van der Waals surface area contributed by atoms with Crippen molar-refractivity contribution in [3.8, 4) is 5.69 Å². The van der Waals surface area contributed by atoms with E-state index in [-0.39, 0.29) is 6.04 Å². The van der Waals surface area contributed by atoms with Crippen molar-refractivity contribution in [2.75, 3.05) is 0 Å². The number of hydrogen-bond donors (Lipinski definition) is 1. The first-order valence-electron chi connectivity index (χ1n) is 6.44. The van der Waals surface area contributed by atoms with Gasteiger partial charge in [0.2, 0.25) is 0 Å². The zero-order valence-corrected chi connectivity index (χ0v) is 11.0. The lowest BCUT2D eigenvalue weighted by Gasteiger charge is -2.13. The second kappa shape index (κ2) is 5.78. The Labute approximate surface area is 108 Å². The van der Waals surface area contributed by atoms with Crippen LogP contribution in [0.5, 0.6) is 0 Å². The van der Waals surface area contributed by atoms with E-state index in [0.717, 1.165) is 24.2 Å². The number of nitrogens with zero attached hydrogens (tertiary/aromatic N) is 3. The topological polar surface area (TPSA) is 56.7 Å². The maximum Gasteiger partial charge on any atom is 0.0998 e. The zero-order chi connectivity index (χ0) is 13.0. The summed E-state index contributed by atoms with van der Waals surface area (Å²) in [5, 5.41) is 8.71. The van der Waals surface area contributed by atoms with E-state index >= 15 is 0 Å². The highest BCUT2D eigenvalue weighted by Gasteiger charge is 2.13. The van der Waals surface area contributed by atoms with Crippen molar-refractivity contribution < 1.29 is 0 Å². The molecular weight excluding hydrogens is 224 g/mol. The molecule has 0 aliphatic rings.